The van der Waals surface area contributed by atoms with Gasteiger partial charge in [-0.15, -0.1) is 0 Å². The standard InChI is InChI=1S/C14H20N2O/c1-15(2)13-8-7-10-5-6-11(9-12(10)13)14(17)16(3)4/h5-6,9,13H,7-8H2,1-4H3. The van der Waals surface area contributed by atoms with Gasteiger partial charge >= 0.3 is 0 Å². The first kappa shape index (κ1) is 12.1. The van der Waals surface area contributed by atoms with Gasteiger partial charge in [0, 0.05) is 25.7 Å². The normalized spacial score (nSPS) is 18.3. The second-order valence-electron chi connectivity index (χ2n) is 5.13. The lowest BCUT2D eigenvalue weighted by Crippen LogP contribution is -2.22. The molecule has 0 fully saturated rings. The van der Waals surface area contributed by atoms with Crippen molar-refractivity contribution < 1.29 is 4.79 Å². The van der Waals surface area contributed by atoms with Gasteiger partial charge in [0.15, 0.2) is 0 Å². The molecule has 17 heavy (non-hydrogen) atoms. The van der Waals surface area contributed by atoms with E-state index in [0.29, 0.717) is 6.04 Å². The molecular formula is C14H20N2O. The van der Waals surface area contributed by atoms with E-state index in [1.165, 1.54) is 11.1 Å². The third kappa shape index (κ3) is 2.20. The van der Waals surface area contributed by atoms with Crippen LogP contribution in [-0.2, 0) is 6.42 Å². The fourth-order valence-corrected chi connectivity index (χ4v) is 2.51. The first-order chi connectivity index (χ1) is 8.00. The van der Waals surface area contributed by atoms with E-state index >= 15 is 0 Å². The van der Waals surface area contributed by atoms with Gasteiger partial charge in [-0.05, 0) is 50.2 Å². The predicted molar refractivity (Wildman–Crippen MR) is 69.2 cm³/mol. The molecule has 1 aromatic carbocycles. The van der Waals surface area contributed by atoms with Crippen molar-refractivity contribution >= 4 is 5.91 Å². The molecule has 1 unspecified atom stereocenters. The Kier molecular flexibility index (Phi) is 3.20. The van der Waals surface area contributed by atoms with Gasteiger partial charge in [0.2, 0.25) is 0 Å². The first-order valence-corrected chi connectivity index (χ1v) is 6.01. The second kappa shape index (κ2) is 4.49. The number of aryl methyl sites for hydroxylation is 1. The molecule has 0 N–H and O–H groups in total. The van der Waals surface area contributed by atoms with Crippen molar-refractivity contribution in [3.05, 3.63) is 34.9 Å². The van der Waals surface area contributed by atoms with Gasteiger partial charge in [0.25, 0.3) is 5.91 Å². The lowest BCUT2D eigenvalue weighted by Gasteiger charge is -2.20. The van der Waals surface area contributed by atoms with Crippen LogP contribution in [0, 0.1) is 0 Å². The van der Waals surface area contributed by atoms with Crippen LogP contribution in [0.15, 0.2) is 18.2 Å². The van der Waals surface area contributed by atoms with Crippen LogP contribution < -0.4 is 0 Å². The van der Waals surface area contributed by atoms with Crippen LogP contribution in [0.3, 0.4) is 0 Å². The summed E-state index contributed by atoms with van der Waals surface area (Å²) in [6.45, 7) is 0. The minimum atomic E-state index is 0.0807. The minimum Gasteiger partial charge on any atom is -0.345 e. The summed E-state index contributed by atoms with van der Waals surface area (Å²) >= 11 is 0. The van der Waals surface area contributed by atoms with E-state index < -0.39 is 0 Å². The van der Waals surface area contributed by atoms with Crippen molar-refractivity contribution in [2.24, 2.45) is 0 Å². The van der Waals surface area contributed by atoms with E-state index in [0.717, 1.165) is 18.4 Å². The summed E-state index contributed by atoms with van der Waals surface area (Å²) in [6, 6.07) is 6.57. The fourth-order valence-electron chi connectivity index (χ4n) is 2.51. The quantitative estimate of drug-likeness (QED) is 0.778. The maximum Gasteiger partial charge on any atom is 0.253 e. The lowest BCUT2D eigenvalue weighted by molar-refractivity contribution is 0.0827. The van der Waals surface area contributed by atoms with Crippen LogP contribution in [0.2, 0.25) is 0 Å². The van der Waals surface area contributed by atoms with Gasteiger partial charge in [-0.1, -0.05) is 6.07 Å². The van der Waals surface area contributed by atoms with Crippen molar-refractivity contribution in [2.75, 3.05) is 28.2 Å². The number of carbonyl (C=O) groups excluding carboxylic acids is 1. The number of benzene rings is 1. The molecule has 92 valence electrons. The Morgan fingerprint density at radius 1 is 1.24 bits per heavy atom. The van der Waals surface area contributed by atoms with E-state index in [2.05, 4.69) is 31.1 Å². The van der Waals surface area contributed by atoms with E-state index in [1.807, 2.05) is 6.07 Å². The maximum absolute atomic E-state index is 11.9. The molecule has 1 aliphatic carbocycles. The highest BCUT2D eigenvalue weighted by Crippen LogP contribution is 2.34. The van der Waals surface area contributed by atoms with Gasteiger partial charge in [-0.25, -0.2) is 0 Å². The Balaban J connectivity index is 2.36. The van der Waals surface area contributed by atoms with Crippen LogP contribution in [0.25, 0.3) is 0 Å². The summed E-state index contributed by atoms with van der Waals surface area (Å²) in [5.41, 5.74) is 3.50. The van der Waals surface area contributed by atoms with Crippen molar-refractivity contribution in [3.8, 4) is 0 Å². The molecule has 0 aromatic heterocycles. The van der Waals surface area contributed by atoms with Crippen molar-refractivity contribution in [1.29, 1.82) is 0 Å². The third-order valence-corrected chi connectivity index (χ3v) is 3.47. The molecule has 1 aliphatic rings. The fraction of sp³-hybridized carbons (Fsp3) is 0.500. The molecule has 1 amide bonds. The SMILES string of the molecule is CN(C)C(=O)c1ccc2c(c1)C(N(C)C)CC2. The molecule has 0 saturated heterocycles. The summed E-state index contributed by atoms with van der Waals surface area (Å²) in [5.74, 6) is 0.0807. The van der Waals surface area contributed by atoms with Crippen LogP contribution in [-0.4, -0.2) is 43.9 Å². The van der Waals surface area contributed by atoms with Gasteiger partial charge in [0.05, 0.1) is 0 Å². The van der Waals surface area contributed by atoms with Crippen molar-refractivity contribution in [2.45, 2.75) is 18.9 Å². The number of nitrogens with zero attached hydrogens (tertiary/aromatic N) is 2. The van der Waals surface area contributed by atoms with Gasteiger partial charge in [-0.2, -0.15) is 0 Å². The number of amides is 1. The van der Waals surface area contributed by atoms with Crippen LogP contribution >= 0.6 is 0 Å². The molecule has 0 spiro atoms. The predicted octanol–water partition coefficient (Wildman–Crippen LogP) is 1.94. The maximum atomic E-state index is 11.9. The van der Waals surface area contributed by atoms with E-state index in [4.69, 9.17) is 0 Å². The molecule has 3 nitrogen and oxygen atoms in total. The van der Waals surface area contributed by atoms with Crippen molar-refractivity contribution in [3.63, 3.8) is 0 Å². The zero-order chi connectivity index (χ0) is 12.6. The highest BCUT2D eigenvalue weighted by atomic mass is 16.2. The van der Waals surface area contributed by atoms with Gasteiger partial charge in [0.1, 0.15) is 0 Å². The van der Waals surface area contributed by atoms with Gasteiger partial charge < -0.3 is 9.80 Å². The topological polar surface area (TPSA) is 23.6 Å². The Bertz CT molecular complexity index is 438. The second-order valence-corrected chi connectivity index (χ2v) is 5.13. The Morgan fingerprint density at radius 2 is 1.94 bits per heavy atom. The summed E-state index contributed by atoms with van der Waals surface area (Å²) < 4.78 is 0. The van der Waals surface area contributed by atoms with E-state index in [9.17, 15) is 4.79 Å². The largest absolute Gasteiger partial charge is 0.345 e. The molecule has 3 heteroatoms. The summed E-state index contributed by atoms with van der Waals surface area (Å²) in [7, 11) is 7.78. The van der Waals surface area contributed by atoms with Crippen LogP contribution in [0.5, 0.6) is 0 Å². The minimum absolute atomic E-state index is 0.0807. The summed E-state index contributed by atoms with van der Waals surface area (Å²) in [6.07, 6.45) is 2.27. The molecular weight excluding hydrogens is 212 g/mol. The highest BCUT2D eigenvalue weighted by molar-refractivity contribution is 5.94. The van der Waals surface area contributed by atoms with E-state index in [-0.39, 0.29) is 5.91 Å². The Labute approximate surface area is 103 Å². The number of fused-ring (bicyclic) bond motifs is 1. The summed E-state index contributed by atoms with van der Waals surface area (Å²) in [4.78, 5) is 15.8. The Hall–Kier alpha value is -1.35. The smallest absolute Gasteiger partial charge is 0.253 e. The molecule has 0 bridgehead atoms. The highest BCUT2D eigenvalue weighted by Gasteiger charge is 2.25. The zero-order valence-corrected chi connectivity index (χ0v) is 11.0. The molecule has 1 atom stereocenters. The van der Waals surface area contributed by atoms with E-state index in [1.54, 1.807) is 19.0 Å². The average molecular weight is 232 g/mol. The molecule has 1 aromatic rings. The summed E-state index contributed by atoms with van der Waals surface area (Å²) in [5, 5.41) is 0. The molecule has 2 rings (SSSR count). The third-order valence-electron chi connectivity index (χ3n) is 3.47. The van der Waals surface area contributed by atoms with Crippen LogP contribution in [0.4, 0.5) is 0 Å². The average Bonchev–Trinajstić information content (AvgIpc) is 2.70. The van der Waals surface area contributed by atoms with Gasteiger partial charge in [-0.3, -0.25) is 4.79 Å². The molecule has 0 radical (unpaired) electrons. The number of hydrogen-bond donors (Lipinski definition) is 0. The zero-order valence-electron chi connectivity index (χ0n) is 11.0. The first-order valence-electron chi connectivity index (χ1n) is 6.01. The Morgan fingerprint density at radius 3 is 2.53 bits per heavy atom. The number of carbonyl (C=O) groups is 1. The monoisotopic (exact) mass is 232 g/mol. The van der Waals surface area contributed by atoms with Crippen LogP contribution in [0.1, 0.15) is 33.9 Å². The molecule has 0 saturated carbocycles. The van der Waals surface area contributed by atoms with Crippen molar-refractivity contribution in [1.82, 2.24) is 9.80 Å². The number of rotatable bonds is 2. The number of hydrogen-bond acceptors (Lipinski definition) is 2. The lowest BCUT2D eigenvalue weighted by atomic mass is 10.0. The molecule has 0 heterocycles. The molecule has 0 aliphatic heterocycles.